The molecular weight excluding hydrogens is 356 g/mol. The number of aryl methyl sites for hydroxylation is 1. The largest absolute Gasteiger partial charge is 0.496 e. The molecule has 1 N–H and O–H groups in total. The molecule has 5 nitrogen and oxygen atoms in total. The van der Waals surface area contributed by atoms with Crippen molar-refractivity contribution >= 4 is 29.2 Å². The van der Waals surface area contributed by atoms with Crippen molar-refractivity contribution in [3.8, 4) is 17.1 Å². The molecule has 0 fully saturated rings. The summed E-state index contributed by atoms with van der Waals surface area (Å²) in [5, 5.41) is 14.0. The van der Waals surface area contributed by atoms with Gasteiger partial charge in [-0.25, -0.2) is 5.10 Å². The number of rotatable bonds is 4. The van der Waals surface area contributed by atoms with Crippen LogP contribution in [0.2, 0.25) is 0 Å². The number of benzene rings is 3. The second-order valence-corrected chi connectivity index (χ2v) is 6.51. The van der Waals surface area contributed by atoms with Gasteiger partial charge in [0.25, 0.3) is 0 Å². The Labute approximate surface area is 161 Å². The van der Waals surface area contributed by atoms with Gasteiger partial charge in [0, 0.05) is 11.1 Å². The van der Waals surface area contributed by atoms with Crippen molar-refractivity contribution < 1.29 is 4.74 Å². The van der Waals surface area contributed by atoms with Crippen molar-refractivity contribution in [1.29, 1.82) is 0 Å². The Hall–Kier alpha value is -3.25. The Bertz CT molecular complexity index is 1210. The number of nitrogens with one attached hydrogen (secondary N) is 1. The first-order valence-corrected chi connectivity index (χ1v) is 8.93. The summed E-state index contributed by atoms with van der Waals surface area (Å²) in [6.07, 6.45) is 1.77. The van der Waals surface area contributed by atoms with Crippen molar-refractivity contribution in [2.45, 2.75) is 6.92 Å². The summed E-state index contributed by atoms with van der Waals surface area (Å²) in [6.45, 7) is 2.04. The summed E-state index contributed by atoms with van der Waals surface area (Å²) >= 11 is 5.39. The molecule has 0 atom stereocenters. The van der Waals surface area contributed by atoms with Crippen LogP contribution in [0.15, 0.2) is 65.8 Å². The first-order valence-electron chi connectivity index (χ1n) is 8.52. The lowest BCUT2D eigenvalue weighted by Crippen LogP contribution is -1.98. The number of H-pyrrole nitrogens is 1. The van der Waals surface area contributed by atoms with E-state index in [2.05, 4.69) is 27.4 Å². The summed E-state index contributed by atoms with van der Waals surface area (Å²) in [5.74, 6) is 1.43. The number of aromatic amines is 1. The van der Waals surface area contributed by atoms with E-state index in [0.29, 0.717) is 10.6 Å². The molecule has 0 bridgehead atoms. The van der Waals surface area contributed by atoms with Gasteiger partial charge in [-0.3, -0.25) is 0 Å². The summed E-state index contributed by atoms with van der Waals surface area (Å²) in [6, 6.07) is 20.1. The van der Waals surface area contributed by atoms with E-state index in [1.54, 1.807) is 18.0 Å². The molecule has 0 aliphatic carbocycles. The van der Waals surface area contributed by atoms with Crippen LogP contribution < -0.4 is 4.74 Å². The van der Waals surface area contributed by atoms with Crippen molar-refractivity contribution in [3.63, 3.8) is 0 Å². The Balaban J connectivity index is 1.86. The third-order valence-electron chi connectivity index (χ3n) is 4.49. The van der Waals surface area contributed by atoms with Crippen LogP contribution in [-0.2, 0) is 0 Å². The average molecular weight is 374 g/mol. The molecule has 4 rings (SSSR count). The SMILES string of the molecule is COc1ccc2ccccc2c1C=Nn1c(-c2ccccc2C)n[nH]c1=S. The lowest BCUT2D eigenvalue weighted by molar-refractivity contribution is 0.415. The summed E-state index contributed by atoms with van der Waals surface area (Å²) in [4.78, 5) is 0. The smallest absolute Gasteiger partial charge is 0.216 e. The lowest BCUT2D eigenvalue weighted by atomic mass is 10.0. The Morgan fingerprint density at radius 2 is 1.85 bits per heavy atom. The zero-order valence-corrected chi connectivity index (χ0v) is 15.8. The van der Waals surface area contributed by atoms with E-state index in [1.807, 2.05) is 55.5 Å². The first-order chi connectivity index (χ1) is 13.2. The van der Waals surface area contributed by atoms with Crippen LogP contribution in [0.5, 0.6) is 5.75 Å². The third-order valence-corrected chi connectivity index (χ3v) is 4.75. The standard InChI is InChI=1S/C21H18N4OS/c1-14-7-3-5-9-16(14)20-23-24-21(27)25(20)22-13-18-17-10-6-4-8-15(17)11-12-19(18)26-2/h3-13H,1-2H3,(H,24,27). The molecule has 0 spiro atoms. The van der Waals surface area contributed by atoms with Gasteiger partial charge in [0.1, 0.15) is 5.75 Å². The molecule has 0 saturated carbocycles. The zero-order chi connectivity index (χ0) is 18.8. The van der Waals surface area contributed by atoms with Crippen LogP contribution in [0.4, 0.5) is 0 Å². The molecule has 0 aliphatic heterocycles. The molecule has 0 saturated heterocycles. The molecule has 1 heterocycles. The second-order valence-electron chi connectivity index (χ2n) is 6.13. The van der Waals surface area contributed by atoms with Crippen LogP contribution in [0.25, 0.3) is 22.2 Å². The second kappa shape index (κ2) is 7.17. The van der Waals surface area contributed by atoms with Gasteiger partial charge < -0.3 is 4.74 Å². The van der Waals surface area contributed by atoms with Gasteiger partial charge in [-0.2, -0.15) is 14.9 Å². The van der Waals surface area contributed by atoms with Gasteiger partial charge in [-0.05, 0) is 41.5 Å². The number of nitrogens with zero attached hydrogens (tertiary/aromatic N) is 3. The molecule has 134 valence electrons. The molecule has 0 radical (unpaired) electrons. The molecular formula is C21H18N4OS. The molecule has 1 aromatic heterocycles. The van der Waals surface area contributed by atoms with E-state index in [-0.39, 0.29) is 0 Å². The highest BCUT2D eigenvalue weighted by atomic mass is 32.1. The quantitative estimate of drug-likeness (QED) is 0.406. The monoisotopic (exact) mass is 374 g/mol. The number of methoxy groups -OCH3 is 1. The number of fused-ring (bicyclic) bond motifs is 1. The molecule has 27 heavy (non-hydrogen) atoms. The van der Waals surface area contributed by atoms with Gasteiger partial charge in [-0.1, -0.05) is 54.6 Å². The molecule has 0 aliphatic rings. The van der Waals surface area contributed by atoms with Gasteiger partial charge in [0.05, 0.1) is 13.3 Å². The molecule has 4 aromatic rings. The third kappa shape index (κ3) is 3.15. The van der Waals surface area contributed by atoms with Crippen LogP contribution in [0, 0.1) is 11.7 Å². The fourth-order valence-corrected chi connectivity index (χ4v) is 3.28. The van der Waals surface area contributed by atoms with E-state index >= 15 is 0 Å². The van der Waals surface area contributed by atoms with E-state index in [9.17, 15) is 0 Å². The lowest BCUT2D eigenvalue weighted by Gasteiger charge is -2.09. The van der Waals surface area contributed by atoms with Gasteiger partial charge in [0.2, 0.25) is 4.77 Å². The minimum atomic E-state index is 0.434. The highest BCUT2D eigenvalue weighted by molar-refractivity contribution is 7.71. The van der Waals surface area contributed by atoms with Gasteiger partial charge in [0.15, 0.2) is 5.82 Å². The minimum absolute atomic E-state index is 0.434. The Morgan fingerprint density at radius 1 is 1.07 bits per heavy atom. The van der Waals surface area contributed by atoms with Crippen LogP contribution in [0.1, 0.15) is 11.1 Å². The van der Waals surface area contributed by atoms with Crippen molar-refractivity contribution in [3.05, 3.63) is 76.6 Å². The predicted molar refractivity (Wildman–Crippen MR) is 111 cm³/mol. The summed E-state index contributed by atoms with van der Waals surface area (Å²) in [7, 11) is 1.66. The van der Waals surface area contributed by atoms with Crippen molar-refractivity contribution in [1.82, 2.24) is 14.9 Å². The molecule has 6 heteroatoms. The number of hydrogen-bond donors (Lipinski definition) is 1. The summed E-state index contributed by atoms with van der Waals surface area (Å²) < 4.78 is 7.61. The first kappa shape index (κ1) is 17.2. The molecule has 3 aromatic carbocycles. The van der Waals surface area contributed by atoms with Crippen molar-refractivity contribution in [2.75, 3.05) is 7.11 Å². The topological polar surface area (TPSA) is 55.2 Å². The Morgan fingerprint density at radius 3 is 2.67 bits per heavy atom. The van der Waals surface area contributed by atoms with E-state index in [1.165, 1.54) is 0 Å². The zero-order valence-electron chi connectivity index (χ0n) is 15.0. The van der Waals surface area contributed by atoms with Crippen LogP contribution in [-0.4, -0.2) is 28.2 Å². The number of ether oxygens (including phenoxy) is 1. The average Bonchev–Trinajstić information content (AvgIpc) is 3.06. The Kier molecular flexibility index (Phi) is 4.56. The van der Waals surface area contributed by atoms with Gasteiger partial charge >= 0.3 is 0 Å². The number of aromatic nitrogens is 3. The predicted octanol–water partition coefficient (Wildman–Crippen LogP) is 4.96. The molecule has 0 amide bonds. The maximum atomic E-state index is 5.54. The van der Waals surface area contributed by atoms with E-state index in [4.69, 9.17) is 17.0 Å². The fourth-order valence-electron chi connectivity index (χ4n) is 3.10. The maximum absolute atomic E-state index is 5.54. The highest BCUT2D eigenvalue weighted by Gasteiger charge is 2.11. The normalized spacial score (nSPS) is 11.3. The summed E-state index contributed by atoms with van der Waals surface area (Å²) in [5.41, 5.74) is 2.98. The maximum Gasteiger partial charge on any atom is 0.216 e. The fraction of sp³-hybridized carbons (Fsp3) is 0.0952. The minimum Gasteiger partial charge on any atom is -0.496 e. The van der Waals surface area contributed by atoms with Crippen LogP contribution >= 0.6 is 12.2 Å². The van der Waals surface area contributed by atoms with Crippen LogP contribution in [0.3, 0.4) is 0 Å². The van der Waals surface area contributed by atoms with Gasteiger partial charge in [-0.15, -0.1) is 0 Å². The van der Waals surface area contributed by atoms with E-state index < -0.39 is 0 Å². The molecule has 0 unspecified atom stereocenters. The van der Waals surface area contributed by atoms with E-state index in [0.717, 1.165) is 33.2 Å². The number of hydrogen-bond acceptors (Lipinski definition) is 4. The van der Waals surface area contributed by atoms with Crippen molar-refractivity contribution in [2.24, 2.45) is 5.10 Å². The highest BCUT2D eigenvalue weighted by Crippen LogP contribution is 2.27.